The average Bonchev–Trinajstić information content (AvgIpc) is 2.66. The zero-order valence-electron chi connectivity index (χ0n) is 8.85. The number of imidazole rings is 1. The van der Waals surface area contributed by atoms with Gasteiger partial charge in [-0.05, 0) is 6.92 Å². The number of aromatic nitrogens is 2. The van der Waals surface area contributed by atoms with Crippen molar-refractivity contribution in [3.05, 3.63) is 54.9 Å². The van der Waals surface area contributed by atoms with E-state index in [0.29, 0.717) is 0 Å². The fraction of sp³-hybridized carbons (Fsp3) is 0.154. The second-order valence-corrected chi connectivity index (χ2v) is 3.70. The molecule has 0 bridgehead atoms. The van der Waals surface area contributed by atoms with E-state index in [9.17, 15) is 0 Å². The van der Waals surface area contributed by atoms with Crippen molar-refractivity contribution in [3.8, 4) is 11.4 Å². The van der Waals surface area contributed by atoms with E-state index in [-0.39, 0.29) is 0 Å². The number of nitrogens with zero attached hydrogens (tertiary/aromatic N) is 2. The zero-order chi connectivity index (χ0) is 10.7. The Hall–Kier alpha value is -1.83. The fourth-order valence-corrected chi connectivity index (χ4v) is 1.58. The minimum Gasteiger partial charge on any atom is -0.327 e. The van der Waals surface area contributed by atoms with E-state index >= 15 is 0 Å². The first-order chi connectivity index (χ1) is 7.27. The van der Waals surface area contributed by atoms with Gasteiger partial charge >= 0.3 is 0 Å². The normalized spacial score (nSPS) is 10.2. The van der Waals surface area contributed by atoms with Crippen LogP contribution in [-0.4, -0.2) is 9.55 Å². The molecule has 15 heavy (non-hydrogen) atoms. The fourth-order valence-electron chi connectivity index (χ4n) is 1.58. The van der Waals surface area contributed by atoms with Gasteiger partial charge in [0.15, 0.2) is 0 Å². The summed E-state index contributed by atoms with van der Waals surface area (Å²) in [6.45, 7) is 6.76. The maximum absolute atomic E-state index is 4.36. The second kappa shape index (κ2) is 4.13. The molecule has 2 aromatic rings. The van der Waals surface area contributed by atoms with Crippen molar-refractivity contribution < 1.29 is 0 Å². The van der Waals surface area contributed by atoms with Gasteiger partial charge in [-0.3, -0.25) is 0 Å². The molecule has 2 rings (SSSR count). The molecule has 0 aliphatic heterocycles. The average molecular weight is 198 g/mol. The first-order valence-corrected chi connectivity index (χ1v) is 4.98. The lowest BCUT2D eigenvalue weighted by Gasteiger charge is -2.06. The Morgan fingerprint density at radius 1 is 1.33 bits per heavy atom. The van der Waals surface area contributed by atoms with Crippen molar-refractivity contribution in [2.24, 2.45) is 0 Å². The van der Waals surface area contributed by atoms with E-state index in [1.54, 1.807) is 0 Å². The van der Waals surface area contributed by atoms with Gasteiger partial charge in [-0.1, -0.05) is 42.5 Å². The summed E-state index contributed by atoms with van der Waals surface area (Å²) in [6, 6.07) is 10.2. The van der Waals surface area contributed by atoms with Crippen LogP contribution in [0.5, 0.6) is 0 Å². The number of hydrogen-bond donors (Lipinski definition) is 0. The summed E-state index contributed by atoms with van der Waals surface area (Å²) >= 11 is 0. The lowest BCUT2D eigenvalue weighted by Crippen LogP contribution is -1.99. The van der Waals surface area contributed by atoms with Crippen molar-refractivity contribution in [2.45, 2.75) is 13.5 Å². The van der Waals surface area contributed by atoms with E-state index in [2.05, 4.69) is 28.3 Å². The van der Waals surface area contributed by atoms with E-state index in [1.165, 1.54) is 0 Å². The van der Waals surface area contributed by atoms with Gasteiger partial charge in [0, 0.05) is 24.5 Å². The third kappa shape index (κ3) is 2.15. The molecule has 0 aliphatic rings. The van der Waals surface area contributed by atoms with Gasteiger partial charge in [0.05, 0.1) is 0 Å². The number of hydrogen-bond acceptors (Lipinski definition) is 1. The molecule has 0 radical (unpaired) electrons. The van der Waals surface area contributed by atoms with Crippen LogP contribution >= 0.6 is 0 Å². The molecule has 0 amide bonds. The van der Waals surface area contributed by atoms with Crippen LogP contribution in [0.15, 0.2) is 54.9 Å². The van der Waals surface area contributed by atoms with Crippen LogP contribution in [0.25, 0.3) is 11.4 Å². The van der Waals surface area contributed by atoms with Gasteiger partial charge in [-0.15, -0.1) is 0 Å². The van der Waals surface area contributed by atoms with Crippen molar-refractivity contribution in [2.75, 3.05) is 0 Å². The van der Waals surface area contributed by atoms with Gasteiger partial charge in [0.2, 0.25) is 0 Å². The van der Waals surface area contributed by atoms with E-state index in [4.69, 9.17) is 0 Å². The predicted octanol–water partition coefficient (Wildman–Crippen LogP) is 3.13. The summed E-state index contributed by atoms with van der Waals surface area (Å²) in [5, 5.41) is 0. The monoisotopic (exact) mass is 198 g/mol. The molecule has 0 saturated carbocycles. The Kier molecular flexibility index (Phi) is 2.68. The van der Waals surface area contributed by atoms with Gasteiger partial charge in [0.1, 0.15) is 5.82 Å². The van der Waals surface area contributed by atoms with Crippen LogP contribution in [0.3, 0.4) is 0 Å². The maximum Gasteiger partial charge on any atom is 0.140 e. The summed E-state index contributed by atoms with van der Waals surface area (Å²) in [4.78, 5) is 4.36. The van der Waals surface area contributed by atoms with Gasteiger partial charge < -0.3 is 4.57 Å². The van der Waals surface area contributed by atoms with Crippen LogP contribution in [0.2, 0.25) is 0 Å². The Labute approximate surface area is 89.9 Å². The minimum atomic E-state index is 0.824. The van der Waals surface area contributed by atoms with Crippen molar-refractivity contribution in [1.82, 2.24) is 9.55 Å². The molecule has 0 atom stereocenters. The van der Waals surface area contributed by atoms with Crippen molar-refractivity contribution in [3.63, 3.8) is 0 Å². The molecule has 76 valence electrons. The predicted molar refractivity (Wildman–Crippen MR) is 62.5 cm³/mol. The van der Waals surface area contributed by atoms with Crippen LogP contribution in [-0.2, 0) is 6.54 Å². The highest BCUT2D eigenvalue weighted by atomic mass is 15.1. The molecule has 1 aromatic carbocycles. The van der Waals surface area contributed by atoms with Gasteiger partial charge in [-0.25, -0.2) is 4.98 Å². The largest absolute Gasteiger partial charge is 0.327 e. The van der Waals surface area contributed by atoms with Crippen LogP contribution < -0.4 is 0 Å². The maximum atomic E-state index is 4.36. The highest BCUT2D eigenvalue weighted by Gasteiger charge is 2.04. The Bertz CT molecular complexity index is 454. The van der Waals surface area contributed by atoms with Gasteiger partial charge in [0.25, 0.3) is 0 Å². The summed E-state index contributed by atoms with van der Waals surface area (Å²) in [5.74, 6) is 0.999. The van der Waals surface area contributed by atoms with E-state index in [0.717, 1.165) is 23.5 Å². The van der Waals surface area contributed by atoms with Crippen LogP contribution in [0, 0.1) is 0 Å². The molecule has 0 saturated heterocycles. The molecule has 2 nitrogen and oxygen atoms in total. The smallest absolute Gasteiger partial charge is 0.140 e. The highest BCUT2D eigenvalue weighted by Crippen LogP contribution is 2.17. The number of benzene rings is 1. The summed E-state index contributed by atoms with van der Waals surface area (Å²) in [5.41, 5.74) is 2.27. The molecule has 1 aromatic heterocycles. The zero-order valence-corrected chi connectivity index (χ0v) is 8.85. The molecule has 0 fully saturated rings. The number of allylic oxidation sites excluding steroid dienone is 1. The second-order valence-electron chi connectivity index (χ2n) is 3.70. The lowest BCUT2D eigenvalue weighted by molar-refractivity contribution is 0.794. The van der Waals surface area contributed by atoms with E-state index in [1.807, 2.05) is 37.5 Å². The van der Waals surface area contributed by atoms with Crippen molar-refractivity contribution in [1.29, 1.82) is 0 Å². The SMILES string of the molecule is C=C(C)Cn1ccnc1-c1ccccc1. The molecular formula is C13H14N2. The summed E-state index contributed by atoms with van der Waals surface area (Å²) < 4.78 is 2.11. The molecular weight excluding hydrogens is 184 g/mol. The van der Waals surface area contributed by atoms with Crippen LogP contribution in [0.4, 0.5) is 0 Å². The van der Waals surface area contributed by atoms with Crippen molar-refractivity contribution >= 4 is 0 Å². The summed E-state index contributed by atoms with van der Waals surface area (Å²) in [6.07, 6.45) is 3.81. The molecule has 0 N–H and O–H groups in total. The highest BCUT2D eigenvalue weighted by molar-refractivity contribution is 5.55. The van der Waals surface area contributed by atoms with E-state index < -0.39 is 0 Å². The molecule has 0 aliphatic carbocycles. The Balaban J connectivity index is 2.37. The molecule has 0 spiro atoms. The summed E-state index contributed by atoms with van der Waals surface area (Å²) in [7, 11) is 0. The lowest BCUT2D eigenvalue weighted by atomic mass is 10.2. The first kappa shape index (κ1) is 9.71. The first-order valence-electron chi connectivity index (χ1n) is 4.98. The van der Waals surface area contributed by atoms with Crippen LogP contribution in [0.1, 0.15) is 6.92 Å². The standard InChI is InChI=1S/C13H14N2/c1-11(2)10-15-9-8-14-13(15)12-6-4-3-5-7-12/h3-9H,1,10H2,2H3. The minimum absolute atomic E-state index is 0.824. The Morgan fingerprint density at radius 2 is 2.07 bits per heavy atom. The molecule has 0 unspecified atom stereocenters. The van der Waals surface area contributed by atoms with Gasteiger partial charge in [-0.2, -0.15) is 0 Å². The Morgan fingerprint density at radius 3 is 2.73 bits per heavy atom. The molecule has 1 heterocycles. The topological polar surface area (TPSA) is 17.8 Å². The third-order valence-corrected chi connectivity index (χ3v) is 2.19. The molecule has 2 heteroatoms. The third-order valence-electron chi connectivity index (χ3n) is 2.19. The number of rotatable bonds is 3. The quantitative estimate of drug-likeness (QED) is 0.693.